The summed E-state index contributed by atoms with van der Waals surface area (Å²) in [6.07, 6.45) is -3.87. The molecule has 0 unspecified atom stereocenters. The van der Waals surface area contributed by atoms with Gasteiger partial charge in [-0.15, -0.1) is 6.58 Å². The third kappa shape index (κ3) is 3.60. The van der Waals surface area contributed by atoms with Crippen molar-refractivity contribution in [1.82, 2.24) is 4.90 Å². The van der Waals surface area contributed by atoms with Crippen molar-refractivity contribution in [3.05, 3.63) is 48.0 Å². The van der Waals surface area contributed by atoms with Gasteiger partial charge in [-0.1, -0.05) is 35.9 Å². The van der Waals surface area contributed by atoms with Gasteiger partial charge in [0.1, 0.15) is 6.04 Å². The van der Waals surface area contributed by atoms with Gasteiger partial charge >= 0.3 is 12.1 Å². The molecule has 1 amide bonds. The SMILES string of the molecule is C=CCN(C(=O)C(F)(F)F)[C@H](C#N)c1cccc(C)c1. The van der Waals surface area contributed by atoms with E-state index in [4.69, 9.17) is 5.26 Å². The molecule has 0 spiro atoms. The maximum absolute atomic E-state index is 12.6. The van der Waals surface area contributed by atoms with Crippen LogP contribution in [0.1, 0.15) is 17.2 Å². The summed E-state index contributed by atoms with van der Waals surface area (Å²) in [5.41, 5.74) is 1.13. The predicted molar refractivity (Wildman–Crippen MR) is 67.5 cm³/mol. The van der Waals surface area contributed by atoms with Gasteiger partial charge in [0.05, 0.1) is 6.07 Å². The molecule has 1 atom stereocenters. The fraction of sp³-hybridized carbons (Fsp3) is 0.286. The highest BCUT2D eigenvalue weighted by molar-refractivity contribution is 5.82. The summed E-state index contributed by atoms with van der Waals surface area (Å²) in [4.78, 5) is 11.9. The van der Waals surface area contributed by atoms with Gasteiger partial charge in [0.2, 0.25) is 0 Å². The average molecular weight is 282 g/mol. The first-order chi connectivity index (χ1) is 9.31. The molecule has 106 valence electrons. The van der Waals surface area contributed by atoms with Crippen LogP contribution in [0.25, 0.3) is 0 Å². The van der Waals surface area contributed by atoms with Gasteiger partial charge < -0.3 is 4.90 Å². The van der Waals surface area contributed by atoms with E-state index in [1.54, 1.807) is 31.2 Å². The molecular weight excluding hydrogens is 269 g/mol. The van der Waals surface area contributed by atoms with Crippen LogP contribution in [-0.2, 0) is 4.79 Å². The Hall–Kier alpha value is -2.29. The molecule has 0 bridgehead atoms. The number of carbonyl (C=O) groups is 1. The third-order valence-electron chi connectivity index (χ3n) is 2.62. The van der Waals surface area contributed by atoms with Crippen LogP contribution in [0.5, 0.6) is 0 Å². The topological polar surface area (TPSA) is 44.1 Å². The highest BCUT2D eigenvalue weighted by Gasteiger charge is 2.44. The van der Waals surface area contributed by atoms with Crippen LogP contribution in [0.15, 0.2) is 36.9 Å². The van der Waals surface area contributed by atoms with Crippen LogP contribution in [0, 0.1) is 18.3 Å². The lowest BCUT2D eigenvalue weighted by molar-refractivity contribution is -0.186. The van der Waals surface area contributed by atoms with Gasteiger partial charge in [0.25, 0.3) is 0 Å². The van der Waals surface area contributed by atoms with Crippen molar-refractivity contribution in [2.45, 2.75) is 19.1 Å². The van der Waals surface area contributed by atoms with Gasteiger partial charge in [0.15, 0.2) is 0 Å². The van der Waals surface area contributed by atoms with Crippen LogP contribution >= 0.6 is 0 Å². The van der Waals surface area contributed by atoms with Crippen molar-refractivity contribution < 1.29 is 18.0 Å². The number of alkyl halides is 3. The first-order valence-electron chi connectivity index (χ1n) is 5.76. The highest BCUT2D eigenvalue weighted by Crippen LogP contribution is 2.27. The van der Waals surface area contributed by atoms with E-state index >= 15 is 0 Å². The van der Waals surface area contributed by atoms with E-state index in [1.807, 2.05) is 0 Å². The van der Waals surface area contributed by atoms with Gasteiger partial charge in [-0.2, -0.15) is 18.4 Å². The zero-order valence-electron chi connectivity index (χ0n) is 10.8. The maximum atomic E-state index is 12.6. The van der Waals surface area contributed by atoms with Gasteiger partial charge in [-0.25, -0.2) is 0 Å². The van der Waals surface area contributed by atoms with Crippen molar-refractivity contribution in [1.29, 1.82) is 5.26 Å². The quantitative estimate of drug-likeness (QED) is 0.796. The number of halogens is 3. The number of hydrogen-bond acceptors (Lipinski definition) is 2. The predicted octanol–water partition coefficient (Wildman–Crippen LogP) is 3.14. The number of nitriles is 1. The lowest BCUT2D eigenvalue weighted by Crippen LogP contribution is -2.43. The first-order valence-corrected chi connectivity index (χ1v) is 5.76. The molecule has 0 aliphatic carbocycles. The Morgan fingerprint density at radius 2 is 2.20 bits per heavy atom. The molecule has 0 N–H and O–H groups in total. The van der Waals surface area contributed by atoms with E-state index < -0.39 is 18.1 Å². The Labute approximate surface area is 114 Å². The molecule has 0 saturated carbocycles. The van der Waals surface area contributed by atoms with E-state index in [9.17, 15) is 18.0 Å². The van der Waals surface area contributed by atoms with Crippen molar-refractivity contribution in [3.63, 3.8) is 0 Å². The molecule has 1 rings (SSSR count). The lowest BCUT2D eigenvalue weighted by Gasteiger charge is -2.27. The molecule has 1 aromatic carbocycles. The first kappa shape index (κ1) is 15.8. The molecule has 0 fully saturated rings. The Morgan fingerprint density at radius 3 is 2.65 bits per heavy atom. The number of amides is 1. The van der Waals surface area contributed by atoms with Gasteiger partial charge in [-0.05, 0) is 12.5 Å². The molecule has 0 aliphatic heterocycles. The number of benzene rings is 1. The summed E-state index contributed by atoms with van der Waals surface area (Å²) in [6.45, 7) is 4.72. The van der Waals surface area contributed by atoms with Crippen LogP contribution in [-0.4, -0.2) is 23.5 Å². The zero-order chi connectivity index (χ0) is 15.3. The monoisotopic (exact) mass is 282 g/mol. The fourth-order valence-corrected chi connectivity index (χ4v) is 1.77. The lowest BCUT2D eigenvalue weighted by atomic mass is 10.0. The summed E-state index contributed by atoms with van der Waals surface area (Å²) >= 11 is 0. The average Bonchev–Trinajstić information content (AvgIpc) is 2.37. The third-order valence-corrected chi connectivity index (χ3v) is 2.62. The maximum Gasteiger partial charge on any atom is 0.471 e. The normalized spacial score (nSPS) is 12.3. The standard InChI is InChI=1S/C14H13F3N2O/c1-3-7-19(13(20)14(15,16)17)12(9-18)11-6-4-5-10(2)8-11/h3-6,8,12H,1,7H2,2H3/t12-/m1/s1. The number of carbonyl (C=O) groups excluding carboxylic acids is 1. The van der Waals surface area contributed by atoms with Crippen LogP contribution in [0.4, 0.5) is 13.2 Å². The van der Waals surface area contributed by atoms with Crippen molar-refractivity contribution in [2.24, 2.45) is 0 Å². The van der Waals surface area contributed by atoms with E-state index in [0.717, 1.165) is 11.6 Å². The summed E-state index contributed by atoms with van der Waals surface area (Å²) < 4.78 is 37.7. The Morgan fingerprint density at radius 1 is 1.55 bits per heavy atom. The molecule has 20 heavy (non-hydrogen) atoms. The minimum Gasteiger partial charge on any atom is -0.311 e. The number of nitrogens with zero attached hydrogens (tertiary/aromatic N) is 2. The highest BCUT2D eigenvalue weighted by atomic mass is 19.4. The number of hydrogen-bond donors (Lipinski definition) is 0. The van der Waals surface area contributed by atoms with E-state index in [2.05, 4.69) is 6.58 Å². The Kier molecular flexibility index (Phi) is 4.92. The molecule has 3 nitrogen and oxygen atoms in total. The van der Waals surface area contributed by atoms with E-state index in [-0.39, 0.29) is 6.54 Å². The smallest absolute Gasteiger partial charge is 0.311 e. The second-order valence-corrected chi connectivity index (χ2v) is 4.19. The van der Waals surface area contributed by atoms with E-state index in [1.165, 1.54) is 6.07 Å². The Bertz CT molecular complexity index is 546. The molecule has 6 heteroatoms. The minimum atomic E-state index is -5.03. The number of aryl methyl sites for hydroxylation is 1. The molecular formula is C14H13F3N2O. The molecule has 0 radical (unpaired) electrons. The summed E-state index contributed by atoms with van der Waals surface area (Å²) in [5.74, 6) is -2.05. The minimum absolute atomic E-state index is 0.340. The summed E-state index contributed by atoms with van der Waals surface area (Å²) in [6, 6.07) is 6.90. The molecule has 1 aromatic rings. The molecule has 0 saturated heterocycles. The van der Waals surface area contributed by atoms with Crippen molar-refractivity contribution in [3.8, 4) is 6.07 Å². The number of rotatable bonds is 4. The summed E-state index contributed by atoms with van der Waals surface area (Å²) in [7, 11) is 0. The Balaban J connectivity index is 3.20. The van der Waals surface area contributed by atoms with Crippen molar-refractivity contribution in [2.75, 3.05) is 6.54 Å². The van der Waals surface area contributed by atoms with Crippen molar-refractivity contribution >= 4 is 5.91 Å². The van der Waals surface area contributed by atoms with Gasteiger partial charge in [-0.3, -0.25) is 4.79 Å². The largest absolute Gasteiger partial charge is 0.471 e. The second kappa shape index (κ2) is 6.24. The molecule has 0 heterocycles. The molecule has 0 aromatic heterocycles. The van der Waals surface area contributed by atoms with E-state index in [0.29, 0.717) is 10.5 Å². The summed E-state index contributed by atoms with van der Waals surface area (Å²) in [5, 5.41) is 9.14. The molecule has 0 aliphatic rings. The van der Waals surface area contributed by atoms with Gasteiger partial charge in [0, 0.05) is 6.54 Å². The van der Waals surface area contributed by atoms with Crippen LogP contribution in [0.3, 0.4) is 0 Å². The zero-order valence-corrected chi connectivity index (χ0v) is 10.8. The second-order valence-electron chi connectivity index (χ2n) is 4.19. The van der Waals surface area contributed by atoms with Crippen LogP contribution in [0.2, 0.25) is 0 Å². The fourth-order valence-electron chi connectivity index (χ4n) is 1.77. The van der Waals surface area contributed by atoms with Crippen LogP contribution < -0.4 is 0 Å².